The van der Waals surface area contributed by atoms with Crippen LogP contribution >= 0.6 is 0 Å². The van der Waals surface area contributed by atoms with Crippen molar-refractivity contribution in [1.82, 2.24) is 0 Å². The van der Waals surface area contributed by atoms with E-state index in [-0.39, 0.29) is 6.10 Å². The maximum absolute atomic E-state index is 5.70. The van der Waals surface area contributed by atoms with Gasteiger partial charge in [-0.25, -0.2) is 0 Å². The molecule has 2 aromatic rings. The van der Waals surface area contributed by atoms with E-state index in [1.54, 1.807) is 0 Å². The third kappa shape index (κ3) is 3.19. The van der Waals surface area contributed by atoms with Crippen molar-refractivity contribution >= 4 is 0 Å². The molecule has 2 aromatic carbocycles. The monoisotopic (exact) mass is 280 g/mol. The molecule has 6 rings (SSSR count). The van der Waals surface area contributed by atoms with Gasteiger partial charge in [-0.05, 0) is 59.9 Å². The van der Waals surface area contributed by atoms with Crippen LogP contribution in [-0.2, 0) is 30.4 Å². The predicted octanol–water partition coefficient (Wildman–Crippen LogP) is 4.67. The van der Waals surface area contributed by atoms with Crippen LogP contribution in [0.4, 0.5) is 0 Å². The Morgan fingerprint density at radius 3 is 2.05 bits per heavy atom. The summed E-state index contributed by atoms with van der Waals surface area (Å²) in [6.45, 7) is 2.20. The molecule has 1 atom stereocenters. The third-order valence-corrected chi connectivity index (χ3v) is 4.62. The van der Waals surface area contributed by atoms with Crippen molar-refractivity contribution in [3.05, 3.63) is 70.3 Å². The van der Waals surface area contributed by atoms with E-state index >= 15 is 0 Å². The Kier molecular flexibility index (Phi) is 4.40. The number of ether oxygens (including phenoxy) is 1. The van der Waals surface area contributed by atoms with Crippen LogP contribution in [0.25, 0.3) is 0 Å². The van der Waals surface area contributed by atoms with Crippen molar-refractivity contribution in [2.24, 2.45) is 0 Å². The molecule has 0 saturated carbocycles. The Morgan fingerprint density at radius 1 is 0.857 bits per heavy atom. The van der Waals surface area contributed by atoms with Gasteiger partial charge in [-0.15, -0.1) is 0 Å². The average molecular weight is 280 g/mol. The Bertz CT molecular complexity index is 594. The molecule has 1 unspecified atom stereocenters. The first-order valence-electron chi connectivity index (χ1n) is 8.02. The molecule has 4 aliphatic rings. The van der Waals surface area contributed by atoms with Gasteiger partial charge < -0.3 is 4.74 Å². The Labute approximate surface area is 128 Å². The smallest absolute Gasteiger partial charge is 0.0821 e. The largest absolute Gasteiger partial charge is 0.377 e. The van der Waals surface area contributed by atoms with E-state index in [0.717, 1.165) is 32.1 Å². The zero-order valence-electron chi connectivity index (χ0n) is 13.1. The van der Waals surface area contributed by atoms with Gasteiger partial charge in [0.05, 0.1) is 6.10 Å². The summed E-state index contributed by atoms with van der Waals surface area (Å²) in [5.41, 5.74) is 7.13. The molecule has 0 radical (unpaired) electrons. The summed E-state index contributed by atoms with van der Waals surface area (Å²) < 4.78 is 5.70. The van der Waals surface area contributed by atoms with Gasteiger partial charge in [-0.1, -0.05) is 49.4 Å². The molecule has 110 valence electrons. The number of methoxy groups -OCH3 is 1. The van der Waals surface area contributed by atoms with E-state index in [9.17, 15) is 0 Å². The molecule has 0 N–H and O–H groups in total. The van der Waals surface area contributed by atoms with Gasteiger partial charge in [0.1, 0.15) is 0 Å². The molecule has 0 fully saturated rings. The second kappa shape index (κ2) is 6.44. The van der Waals surface area contributed by atoms with Crippen molar-refractivity contribution in [2.45, 2.75) is 45.1 Å². The summed E-state index contributed by atoms with van der Waals surface area (Å²) in [6, 6.07) is 16.1. The van der Waals surface area contributed by atoms with Gasteiger partial charge >= 0.3 is 0 Å². The third-order valence-electron chi connectivity index (χ3n) is 4.62. The normalized spacial score (nSPS) is 15.5. The second-order valence-electron chi connectivity index (χ2n) is 5.98. The lowest BCUT2D eigenvalue weighted by Gasteiger charge is -2.20. The topological polar surface area (TPSA) is 9.23 Å². The molecular weight excluding hydrogens is 256 g/mol. The number of aryl methyl sites for hydroxylation is 4. The van der Waals surface area contributed by atoms with Crippen LogP contribution in [0.5, 0.6) is 0 Å². The summed E-state index contributed by atoms with van der Waals surface area (Å²) in [5, 5.41) is 0. The van der Waals surface area contributed by atoms with Crippen molar-refractivity contribution in [3.8, 4) is 0 Å². The van der Waals surface area contributed by atoms with Gasteiger partial charge in [-0.2, -0.15) is 0 Å². The first kappa shape index (κ1) is 14.3. The SMILES string of the molecule is CCC(OC)c1cc2ccc1CCc1ccc(cc1)CC2. The van der Waals surface area contributed by atoms with Gasteiger partial charge in [0.15, 0.2) is 0 Å². The Morgan fingerprint density at radius 2 is 1.43 bits per heavy atom. The van der Waals surface area contributed by atoms with Crippen molar-refractivity contribution < 1.29 is 4.74 Å². The molecule has 4 aliphatic carbocycles. The van der Waals surface area contributed by atoms with Gasteiger partial charge in [0.25, 0.3) is 0 Å². The van der Waals surface area contributed by atoms with E-state index in [0.29, 0.717) is 0 Å². The summed E-state index contributed by atoms with van der Waals surface area (Å²) in [7, 11) is 1.83. The van der Waals surface area contributed by atoms with Gasteiger partial charge in [0.2, 0.25) is 0 Å². The number of benzene rings is 2. The predicted molar refractivity (Wildman–Crippen MR) is 87.7 cm³/mol. The first-order valence-corrected chi connectivity index (χ1v) is 8.02. The molecule has 4 bridgehead atoms. The summed E-state index contributed by atoms with van der Waals surface area (Å²) >= 11 is 0. The quantitative estimate of drug-likeness (QED) is 0.794. The van der Waals surface area contributed by atoms with Gasteiger partial charge in [0, 0.05) is 7.11 Å². The molecule has 1 nitrogen and oxygen atoms in total. The van der Waals surface area contributed by atoms with Crippen LogP contribution in [0.15, 0.2) is 42.5 Å². The number of hydrogen-bond donors (Lipinski definition) is 0. The lowest BCUT2D eigenvalue weighted by Crippen LogP contribution is -2.07. The minimum atomic E-state index is 0.226. The Balaban J connectivity index is 1.99. The Hall–Kier alpha value is -1.60. The molecule has 0 aromatic heterocycles. The maximum Gasteiger partial charge on any atom is 0.0821 e. The molecule has 0 heterocycles. The van der Waals surface area contributed by atoms with E-state index in [1.165, 1.54) is 27.8 Å². The molecule has 0 saturated heterocycles. The minimum Gasteiger partial charge on any atom is -0.377 e. The van der Waals surface area contributed by atoms with Crippen LogP contribution in [0.1, 0.15) is 47.3 Å². The highest BCUT2D eigenvalue weighted by Gasteiger charge is 2.14. The minimum absolute atomic E-state index is 0.226. The lowest BCUT2D eigenvalue weighted by atomic mass is 9.91. The molecule has 1 heteroatoms. The highest BCUT2D eigenvalue weighted by atomic mass is 16.5. The number of rotatable bonds is 3. The van der Waals surface area contributed by atoms with Crippen molar-refractivity contribution in [2.75, 3.05) is 7.11 Å². The zero-order chi connectivity index (χ0) is 14.7. The van der Waals surface area contributed by atoms with Crippen LogP contribution in [0, 0.1) is 0 Å². The fourth-order valence-corrected chi connectivity index (χ4v) is 3.28. The summed E-state index contributed by atoms with van der Waals surface area (Å²) in [4.78, 5) is 0. The fourth-order valence-electron chi connectivity index (χ4n) is 3.28. The van der Waals surface area contributed by atoms with Gasteiger partial charge in [-0.3, -0.25) is 0 Å². The zero-order valence-corrected chi connectivity index (χ0v) is 13.1. The maximum atomic E-state index is 5.70. The summed E-state index contributed by atoms with van der Waals surface area (Å²) in [5.74, 6) is 0. The molecule has 0 amide bonds. The van der Waals surface area contributed by atoms with Crippen molar-refractivity contribution in [3.63, 3.8) is 0 Å². The van der Waals surface area contributed by atoms with E-state index in [1.807, 2.05) is 7.11 Å². The van der Waals surface area contributed by atoms with Crippen LogP contribution in [-0.4, -0.2) is 7.11 Å². The van der Waals surface area contributed by atoms with Crippen LogP contribution < -0.4 is 0 Å². The van der Waals surface area contributed by atoms with E-state index in [2.05, 4.69) is 49.4 Å². The molecule has 0 spiro atoms. The van der Waals surface area contributed by atoms with Crippen LogP contribution in [0.2, 0.25) is 0 Å². The highest BCUT2D eigenvalue weighted by molar-refractivity contribution is 5.36. The fraction of sp³-hybridized carbons (Fsp3) is 0.400. The molecular formula is C20H24O. The second-order valence-corrected chi connectivity index (χ2v) is 5.98. The summed E-state index contributed by atoms with van der Waals surface area (Å²) in [6.07, 6.45) is 5.67. The van der Waals surface area contributed by atoms with E-state index in [4.69, 9.17) is 4.74 Å². The molecule has 21 heavy (non-hydrogen) atoms. The number of hydrogen-bond acceptors (Lipinski definition) is 1. The highest BCUT2D eigenvalue weighted by Crippen LogP contribution is 2.27. The molecule has 0 aliphatic heterocycles. The van der Waals surface area contributed by atoms with Crippen LogP contribution in [0.3, 0.4) is 0 Å². The lowest BCUT2D eigenvalue weighted by molar-refractivity contribution is 0.0992. The first-order chi connectivity index (χ1) is 10.3. The van der Waals surface area contributed by atoms with E-state index < -0.39 is 0 Å². The standard InChI is InChI=1S/C20H24O/c1-3-20(21-2)19-14-17-9-8-15-4-6-16(7-5-15)10-12-18(19)13-11-17/h4-7,11,13-14,20H,3,8-10,12H2,1-2H3. The van der Waals surface area contributed by atoms with Crippen molar-refractivity contribution in [1.29, 1.82) is 0 Å². The average Bonchev–Trinajstić information content (AvgIpc) is 2.52.